The monoisotopic (exact) mass is 412 g/mol. The second-order valence-corrected chi connectivity index (χ2v) is 5.45. The van der Waals surface area contributed by atoms with Gasteiger partial charge in [0.25, 0.3) is 0 Å². The van der Waals surface area contributed by atoms with Crippen LogP contribution in [0, 0.1) is 3.57 Å². The number of hydrogen-bond acceptors (Lipinski definition) is 1. The maximum atomic E-state index is 2.41. The molecule has 0 aliphatic heterocycles. The van der Waals surface area contributed by atoms with Gasteiger partial charge in [-0.1, -0.05) is 40.8 Å². The van der Waals surface area contributed by atoms with E-state index in [-0.39, 0.29) is 0 Å². The number of hydrogen-bond donors (Lipinski definition) is 0. The highest BCUT2D eigenvalue weighted by molar-refractivity contribution is 14.1. The van der Waals surface area contributed by atoms with Gasteiger partial charge in [0.2, 0.25) is 0 Å². The maximum absolute atomic E-state index is 2.41. The van der Waals surface area contributed by atoms with Crippen LogP contribution in [0.3, 0.4) is 0 Å². The summed E-state index contributed by atoms with van der Waals surface area (Å²) in [7, 11) is 0. The van der Waals surface area contributed by atoms with Gasteiger partial charge in [-0.2, -0.15) is 0 Å². The van der Waals surface area contributed by atoms with Gasteiger partial charge in [0, 0.05) is 18.5 Å². The van der Waals surface area contributed by atoms with Crippen LogP contribution in [0.15, 0.2) is 28.3 Å². The molecule has 13 heavy (non-hydrogen) atoms. The van der Waals surface area contributed by atoms with E-state index in [2.05, 4.69) is 79.6 Å². The molecule has 0 radical (unpaired) electrons. The molecule has 66 valence electrons. The Hall–Kier alpha value is 0.380. The zero-order valence-corrected chi connectivity index (χ0v) is 11.8. The minimum Gasteiger partial charge on any atom is -0.135 e. The number of rotatable bonds is 1. The van der Waals surface area contributed by atoms with Gasteiger partial charge in [0.15, 0.2) is 0 Å². The molecule has 0 atom stereocenters. The third kappa shape index (κ3) is 1.92. The van der Waals surface area contributed by atoms with Crippen molar-refractivity contribution < 1.29 is 0 Å². The third-order valence-corrected chi connectivity index (χ3v) is 4.80. The quantitative estimate of drug-likeness (QED) is 0.585. The molecule has 0 N–H and O–H groups in total. The van der Waals surface area contributed by atoms with Crippen molar-refractivity contribution in [2.45, 2.75) is 0 Å². The van der Waals surface area contributed by atoms with E-state index in [9.17, 15) is 0 Å². The van der Waals surface area contributed by atoms with Crippen LogP contribution >= 0.6 is 56.5 Å². The van der Waals surface area contributed by atoms with Crippen LogP contribution in [0.2, 0.25) is 0 Å². The molecule has 1 aromatic carbocycles. The molecule has 0 saturated heterocycles. The lowest BCUT2D eigenvalue weighted by Gasteiger charge is -1.87. The molecular formula is C10H6I2S. The molecule has 0 unspecified atom stereocenters. The summed E-state index contributed by atoms with van der Waals surface area (Å²) in [5.41, 5.74) is 0. The van der Waals surface area contributed by atoms with Crippen LogP contribution in [0.5, 0.6) is 0 Å². The lowest BCUT2D eigenvalue weighted by atomic mass is 10.2. The Morgan fingerprint density at radius 2 is 2.00 bits per heavy atom. The first-order chi connectivity index (χ1) is 6.33. The predicted molar refractivity (Wildman–Crippen MR) is 77.6 cm³/mol. The molecule has 0 nitrogen and oxygen atoms in total. The van der Waals surface area contributed by atoms with Gasteiger partial charge in [-0.05, 0) is 38.8 Å². The van der Waals surface area contributed by atoms with Gasteiger partial charge in [0.05, 0.1) is 0 Å². The summed E-state index contributed by atoms with van der Waals surface area (Å²) in [6.07, 6.45) is 2.16. The summed E-state index contributed by atoms with van der Waals surface area (Å²) in [6.45, 7) is 0. The largest absolute Gasteiger partial charge is 0.135 e. The number of fused-ring (bicyclic) bond motifs is 1. The van der Waals surface area contributed by atoms with Crippen molar-refractivity contribution in [3.8, 4) is 0 Å². The maximum Gasteiger partial charge on any atom is 0.0421 e. The number of thiophene rings is 1. The average Bonchev–Trinajstić information content (AvgIpc) is 2.46. The summed E-state index contributed by atoms with van der Waals surface area (Å²) in [4.78, 5) is 1.36. The molecule has 0 bridgehead atoms. The molecule has 2 aromatic rings. The summed E-state index contributed by atoms with van der Waals surface area (Å²) >= 11 is 6.52. The van der Waals surface area contributed by atoms with Crippen LogP contribution in [0.1, 0.15) is 4.88 Å². The second-order valence-electron chi connectivity index (χ2n) is 2.57. The zero-order chi connectivity index (χ0) is 9.26. The second kappa shape index (κ2) is 4.27. The van der Waals surface area contributed by atoms with Crippen molar-refractivity contribution in [3.63, 3.8) is 0 Å². The summed E-state index contributed by atoms with van der Waals surface area (Å²) in [6, 6.07) is 8.53. The zero-order valence-electron chi connectivity index (χ0n) is 6.63. The molecular weight excluding hydrogens is 406 g/mol. The molecule has 0 spiro atoms. The van der Waals surface area contributed by atoms with Gasteiger partial charge in [-0.25, -0.2) is 0 Å². The normalized spacial score (nSPS) is 11.5. The van der Waals surface area contributed by atoms with Crippen molar-refractivity contribution in [2.75, 3.05) is 0 Å². The fourth-order valence-corrected chi connectivity index (χ4v) is 3.96. The molecule has 0 amide bonds. The lowest BCUT2D eigenvalue weighted by molar-refractivity contribution is 1.82. The van der Waals surface area contributed by atoms with E-state index in [0.717, 1.165) is 0 Å². The van der Waals surface area contributed by atoms with E-state index in [4.69, 9.17) is 0 Å². The van der Waals surface area contributed by atoms with Crippen LogP contribution in [-0.4, -0.2) is 0 Å². The smallest absolute Gasteiger partial charge is 0.0421 e. The van der Waals surface area contributed by atoms with Crippen molar-refractivity contribution in [3.05, 3.63) is 36.8 Å². The molecule has 0 fully saturated rings. The summed E-state index contributed by atoms with van der Waals surface area (Å²) < 4.78 is 4.80. The third-order valence-electron chi connectivity index (χ3n) is 1.77. The van der Waals surface area contributed by atoms with E-state index in [1.807, 2.05) is 11.3 Å². The standard InChI is InChI=1S/C10H6I2S/c11-6-5-9-10(12)7-3-1-2-4-8(7)13-9/h1-6H/b6-5-. The Morgan fingerprint density at radius 1 is 1.23 bits per heavy atom. The molecule has 3 heteroatoms. The first-order valence-electron chi connectivity index (χ1n) is 3.76. The lowest BCUT2D eigenvalue weighted by Crippen LogP contribution is -1.68. The van der Waals surface area contributed by atoms with Crippen molar-refractivity contribution in [1.29, 1.82) is 0 Å². The van der Waals surface area contributed by atoms with Crippen molar-refractivity contribution >= 4 is 72.7 Å². The molecule has 2 rings (SSSR count). The van der Waals surface area contributed by atoms with E-state index >= 15 is 0 Å². The molecule has 0 aliphatic carbocycles. The molecule has 1 aromatic heterocycles. The van der Waals surface area contributed by atoms with Gasteiger partial charge in [0.1, 0.15) is 0 Å². The topological polar surface area (TPSA) is 0 Å². The van der Waals surface area contributed by atoms with Crippen LogP contribution in [0.25, 0.3) is 16.2 Å². The number of benzene rings is 1. The Kier molecular flexibility index (Phi) is 3.26. The highest BCUT2D eigenvalue weighted by Crippen LogP contribution is 2.33. The highest BCUT2D eigenvalue weighted by Gasteiger charge is 2.05. The average molecular weight is 412 g/mol. The highest BCUT2D eigenvalue weighted by atomic mass is 127. The summed E-state index contributed by atoms with van der Waals surface area (Å²) in [5, 5.41) is 1.37. The Bertz CT molecular complexity index is 457. The van der Waals surface area contributed by atoms with Crippen LogP contribution in [0.4, 0.5) is 0 Å². The number of halogens is 2. The predicted octanol–water partition coefficient (Wildman–Crippen LogP) is 4.91. The van der Waals surface area contributed by atoms with Gasteiger partial charge >= 0.3 is 0 Å². The van der Waals surface area contributed by atoms with Crippen LogP contribution < -0.4 is 0 Å². The SMILES string of the molecule is I/C=C\c1sc2ccccc2c1I. The first kappa shape index (κ1) is 9.92. The first-order valence-corrected chi connectivity index (χ1v) is 6.91. The van der Waals surface area contributed by atoms with E-state index in [1.165, 1.54) is 18.5 Å². The Morgan fingerprint density at radius 3 is 2.69 bits per heavy atom. The van der Waals surface area contributed by atoms with Gasteiger partial charge in [-0.15, -0.1) is 11.3 Å². The van der Waals surface area contributed by atoms with Gasteiger partial charge < -0.3 is 0 Å². The minimum absolute atomic E-state index is 1.36. The molecule has 0 aliphatic rings. The summed E-state index contributed by atoms with van der Waals surface area (Å²) in [5.74, 6) is 0. The Balaban J connectivity index is 2.73. The van der Waals surface area contributed by atoms with E-state index in [1.54, 1.807) is 0 Å². The Labute approximate surface area is 108 Å². The fraction of sp³-hybridized carbons (Fsp3) is 0. The molecule has 1 heterocycles. The van der Waals surface area contributed by atoms with E-state index in [0.29, 0.717) is 0 Å². The van der Waals surface area contributed by atoms with E-state index < -0.39 is 0 Å². The molecule has 0 saturated carbocycles. The van der Waals surface area contributed by atoms with Crippen LogP contribution in [-0.2, 0) is 0 Å². The van der Waals surface area contributed by atoms with Gasteiger partial charge in [-0.3, -0.25) is 0 Å². The van der Waals surface area contributed by atoms with Crippen molar-refractivity contribution in [1.82, 2.24) is 0 Å². The fourth-order valence-electron chi connectivity index (χ4n) is 1.20. The minimum atomic E-state index is 1.36. The van der Waals surface area contributed by atoms with Crippen molar-refractivity contribution in [2.24, 2.45) is 0 Å².